The lowest BCUT2D eigenvalue weighted by Crippen LogP contribution is -2.39. The van der Waals surface area contributed by atoms with Gasteiger partial charge < -0.3 is 0 Å². The summed E-state index contributed by atoms with van der Waals surface area (Å²) in [5.74, 6) is -4.74. The van der Waals surface area contributed by atoms with Gasteiger partial charge in [0.2, 0.25) is 0 Å². The Labute approximate surface area is 53.6 Å². The van der Waals surface area contributed by atoms with Crippen LogP contribution in [0.2, 0.25) is 0 Å². The molecule has 0 aromatic rings. The molecule has 0 aliphatic heterocycles. The molecular weight excluding hydrogens is 157 g/mol. The van der Waals surface area contributed by atoms with Crippen LogP contribution in [0.15, 0.2) is 4.99 Å². The first-order valence-electron chi connectivity index (χ1n) is 2.18. The van der Waals surface area contributed by atoms with Crippen molar-refractivity contribution in [1.82, 2.24) is 0 Å². The summed E-state index contributed by atoms with van der Waals surface area (Å²) in [4.78, 5) is 2.45. The smallest absolute Gasteiger partial charge is 0.294 e. The SMILES string of the molecule is C=NCC(F)(F)C(F)(F)F. The maximum Gasteiger partial charge on any atom is 0.455 e. The third-order valence-corrected chi connectivity index (χ3v) is 0.725. The topological polar surface area (TPSA) is 12.4 Å². The number of hydrogen-bond donors (Lipinski definition) is 0. The number of aliphatic imine (C=N–C) groups is 1. The van der Waals surface area contributed by atoms with Crippen LogP contribution in [0.3, 0.4) is 0 Å². The van der Waals surface area contributed by atoms with Crippen molar-refractivity contribution >= 4 is 6.72 Å². The minimum absolute atomic E-state index is 1.61. The molecule has 0 rings (SSSR count). The first kappa shape index (κ1) is 9.32. The molecule has 0 fully saturated rings. The molecule has 0 aromatic heterocycles. The lowest BCUT2D eigenvalue weighted by Gasteiger charge is -2.16. The first-order chi connectivity index (χ1) is 4.31. The molecule has 0 saturated heterocycles. The van der Waals surface area contributed by atoms with Gasteiger partial charge in [-0.15, -0.1) is 0 Å². The second-order valence-corrected chi connectivity index (χ2v) is 1.58. The second kappa shape index (κ2) is 2.51. The van der Waals surface area contributed by atoms with Crippen molar-refractivity contribution in [3.63, 3.8) is 0 Å². The number of nitrogens with zero attached hydrogens (tertiary/aromatic N) is 1. The average molecular weight is 161 g/mol. The van der Waals surface area contributed by atoms with Crippen molar-refractivity contribution < 1.29 is 22.0 Å². The third kappa shape index (κ3) is 1.93. The largest absolute Gasteiger partial charge is 0.455 e. The predicted molar refractivity (Wildman–Crippen MR) is 25.4 cm³/mol. The summed E-state index contributed by atoms with van der Waals surface area (Å²) in [7, 11) is 0. The number of hydrogen-bond acceptors (Lipinski definition) is 1. The van der Waals surface area contributed by atoms with E-state index in [1.54, 1.807) is 0 Å². The van der Waals surface area contributed by atoms with Gasteiger partial charge in [-0.1, -0.05) is 0 Å². The monoisotopic (exact) mass is 161 g/mol. The highest BCUT2D eigenvalue weighted by Gasteiger charge is 2.57. The first-order valence-corrected chi connectivity index (χ1v) is 2.18. The number of halogens is 5. The quantitative estimate of drug-likeness (QED) is 0.433. The molecular formula is C4H4F5N. The van der Waals surface area contributed by atoms with E-state index < -0.39 is 18.6 Å². The Kier molecular flexibility index (Phi) is 2.34. The molecule has 10 heavy (non-hydrogen) atoms. The van der Waals surface area contributed by atoms with Gasteiger partial charge >= 0.3 is 12.1 Å². The molecule has 0 aliphatic carbocycles. The molecule has 0 atom stereocenters. The highest BCUT2D eigenvalue weighted by molar-refractivity contribution is 5.23. The number of alkyl halides is 5. The Morgan fingerprint density at radius 1 is 1.10 bits per heavy atom. The standard InChI is InChI=1S/C4H4F5N/c1-10-2-3(5,6)4(7,8)9/h1-2H2. The van der Waals surface area contributed by atoms with Crippen LogP contribution in [0.1, 0.15) is 0 Å². The van der Waals surface area contributed by atoms with Gasteiger partial charge in [0.1, 0.15) is 6.54 Å². The molecule has 0 bridgehead atoms. The van der Waals surface area contributed by atoms with Crippen LogP contribution in [0.5, 0.6) is 0 Å². The van der Waals surface area contributed by atoms with Gasteiger partial charge in [-0.05, 0) is 6.72 Å². The minimum Gasteiger partial charge on any atom is -0.294 e. The van der Waals surface area contributed by atoms with E-state index >= 15 is 0 Å². The molecule has 60 valence electrons. The van der Waals surface area contributed by atoms with Gasteiger partial charge in [-0.25, -0.2) is 0 Å². The van der Waals surface area contributed by atoms with Gasteiger partial charge in [0.25, 0.3) is 0 Å². The normalized spacial score (nSPS) is 13.3. The van der Waals surface area contributed by atoms with Crippen LogP contribution in [0, 0.1) is 0 Å². The van der Waals surface area contributed by atoms with Crippen LogP contribution >= 0.6 is 0 Å². The van der Waals surface area contributed by atoms with Crippen molar-refractivity contribution in [2.24, 2.45) is 4.99 Å². The van der Waals surface area contributed by atoms with Crippen molar-refractivity contribution in [2.75, 3.05) is 6.54 Å². The molecule has 0 aromatic carbocycles. The van der Waals surface area contributed by atoms with E-state index in [1.807, 2.05) is 0 Å². The molecule has 6 heteroatoms. The summed E-state index contributed by atoms with van der Waals surface area (Å²) in [6, 6.07) is 0. The fraction of sp³-hybridized carbons (Fsp3) is 0.750. The molecule has 0 heterocycles. The van der Waals surface area contributed by atoms with E-state index in [-0.39, 0.29) is 0 Å². The minimum atomic E-state index is -5.52. The van der Waals surface area contributed by atoms with Gasteiger partial charge in [-0.3, -0.25) is 4.99 Å². The van der Waals surface area contributed by atoms with Crippen molar-refractivity contribution in [3.8, 4) is 0 Å². The van der Waals surface area contributed by atoms with E-state index in [2.05, 4.69) is 11.7 Å². The van der Waals surface area contributed by atoms with Gasteiger partial charge in [0.15, 0.2) is 0 Å². The Balaban J connectivity index is 4.23. The lowest BCUT2D eigenvalue weighted by atomic mass is 10.3. The molecule has 0 spiro atoms. The van der Waals surface area contributed by atoms with Crippen molar-refractivity contribution in [1.29, 1.82) is 0 Å². The van der Waals surface area contributed by atoms with E-state index in [1.165, 1.54) is 0 Å². The summed E-state index contributed by atoms with van der Waals surface area (Å²) in [6.45, 7) is 0.915. The zero-order valence-electron chi connectivity index (χ0n) is 4.75. The lowest BCUT2D eigenvalue weighted by molar-refractivity contribution is -0.276. The summed E-state index contributed by atoms with van der Waals surface area (Å²) < 4.78 is 56.9. The van der Waals surface area contributed by atoms with Gasteiger partial charge in [0, 0.05) is 0 Å². The molecule has 0 radical (unpaired) electrons. The van der Waals surface area contributed by atoms with Gasteiger partial charge in [0.05, 0.1) is 0 Å². The van der Waals surface area contributed by atoms with E-state index in [0.717, 1.165) is 0 Å². The Morgan fingerprint density at radius 3 is 1.60 bits per heavy atom. The summed E-state index contributed by atoms with van der Waals surface area (Å²) in [6.07, 6.45) is -5.52. The second-order valence-electron chi connectivity index (χ2n) is 1.58. The Morgan fingerprint density at radius 2 is 1.50 bits per heavy atom. The fourth-order valence-electron chi connectivity index (χ4n) is 0.230. The van der Waals surface area contributed by atoms with Crippen LogP contribution in [-0.2, 0) is 0 Å². The molecule has 0 N–H and O–H groups in total. The maximum absolute atomic E-state index is 11.7. The highest BCUT2D eigenvalue weighted by atomic mass is 19.4. The summed E-state index contributed by atoms with van der Waals surface area (Å²) in [5.41, 5.74) is 0. The van der Waals surface area contributed by atoms with Gasteiger partial charge in [-0.2, -0.15) is 22.0 Å². The van der Waals surface area contributed by atoms with Crippen molar-refractivity contribution in [2.45, 2.75) is 12.1 Å². The fourth-order valence-corrected chi connectivity index (χ4v) is 0.230. The van der Waals surface area contributed by atoms with E-state index in [0.29, 0.717) is 0 Å². The third-order valence-electron chi connectivity index (χ3n) is 0.725. The molecule has 1 nitrogen and oxygen atoms in total. The summed E-state index contributed by atoms with van der Waals surface area (Å²) >= 11 is 0. The molecule has 0 aliphatic rings. The zero-order chi connectivity index (χ0) is 8.41. The van der Waals surface area contributed by atoms with Crippen LogP contribution in [-0.4, -0.2) is 25.4 Å². The van der Waals surface area contributed by atoms with E-state index in [4.69, 9.17) is 0 Å². The average Bonchev–Trinajstić information content (AvgIpc) is 1.61. The maximum atomic E-state index is 11.7. The Bertz CT molecular complexity index is 126. The van der Waals surface area contributed by atoms with E-state index in [9.17, 15) is 22.0 Å². The van der Waals surface area contributed by atoms with Crippen LogP contribution in [0.25, 0.3) is 0 Å². The Hall–Kier alpha value is -0.680. The van der Waals surface area contributed by atoms with Crippen molar-refractivity contribution in [3.05, 3.63) is 0 Å². The molecule has 0 amide bonds. The van der Waals surface area contributed by atoms with Crippen LogP contribution in [0.4, 0.5) is 22.0 Å². The number of rotatable bonds is 2. The predicted octanol–water partition coefficient (Wildman–Crippen LogP) is 1.88. The molecule has 0 unspecified atom stereocenters. The highest BCUT2D eigenvalue weighted by Crippen LogP contribution is 2.35. The zero-order valence-corrected chi connectivity index (χ0v) is 4.75. The summed E-state index contributed by atoms with van der Waals surface area (Å²) in [5, 5.41) is 0. The van der Waals surface area contributed by atoms with Crippen LogP contribution < -0.4 is 0 Å². The molecule has 0 saturated carbocycles.